The average Bonchev–Trinajstić information content (AvgIpc) is 2.95. The predicted molar refractivity (Wildman–Crippen MR) is 68.4 cm³/mol. The minimum absolute atomic E-state index is 0.0382. The zero-order chi connectivity index (χ0) is 11.9. The van der Waals surface area contributed by atoms with Gasteiger partial charge in [0.2, 0.25) is 0 Å². The SMILES string of the molecule is CCn1cncc1-c1ccc(C2(N)CC2)cc1. The van der Waals surface area contributed by atoms with Crippen LogP contribution < -0.4 is 5.73 Å². The van der Waals surface area contributed by atoms with Gasteiger partial charge in [-0.05, 0) is 30.9 Å². The lowest BCUT2D eigenvalue weighted by atomic mass is 10.0. The van der Waals surface area contributed by atoms with E-state index in [2.05, 4.69) is 40.7 Å². The first-order valence-electron chi connectivity index (χ1n) is 6.13. The molecule has 1 fully saturated rings. The second-order valence-electron chi connectivity index (χ2n) is 4.80. The summed E-state index contributed by atoms with van der Waals surface area (Å²) in [6, 6.07) is 8.58. The van der Waals surface area contributed by atoms with Crippen molar-refractivity contribution >= 4 is 0 Å². The number of nitrogens with zero attached hydrogens (tertiary/aromatic N) is 2. The summed E-state index contributed by atoms with van der Waals surface area (Å²) in [6.45, 7) is 3.07. The lowest BCUT2D eigenvalue weighted by Crippen LogP contribution is -2.18. The van der Waals surface area contributed by atoms with E-state index in [1.807, 2.05) is 12.5 Å². The van der Waals surface area contributed by atoms with Gasteiger partial charge in [-0.15, -0.1) is 0 Å². The maximum atomic E-state index is 6.18. The van der Waals surface area contributed by atoms with Crippen molar-refractivity contribution < 1.29 is 0 Å². The second kappa shape index (κ2) is 3.70. The van der Waals surface area contributed by atoms with Crippen LogP contribution in [0.2, 0.25) is 0 Å². The van der Waals surface area contributed by atoms with Gasteiger partial charge < -0.3 is 10.3 Å². The summed E-state index contributed by atoms with van der Waals surface area (Å²) in [7, 11) is 0. The third-order valence-corrected chi connectivity index (χ3v) is 3.60. The molecule has 1 saturated carbocycles. The van der Waals surface area contributed by atoms with E-state index in [9.17, 15) is 0 Å². The molecule has 88 valence electrons. The van der Waals surface area contributed by atoms with E-state index < -0.39 is 0 Å². The third kappa shape index (κ3) is 1.76. The summed E-state index contributed by atoms with van der Waals surface area (Å²) in [5.41, 5.74) is 9.76. The Morgan fingerprint density at radius 2 is 2.00 bits per heavy atom. The molecule has 0 atom stereocenters. The Labute approximate surface area is 101 Å². The molecule has 3 rings (SSSR count). The van der Waals surface area contributed by atoms with Crippen LogP contribution in [-0.2, 0) is 12.1 Å². The highest BCUT2D eigenvalue weighted by atomic mass is 15.0. The van der Waals surface area contributed by atoms with Crippen LogP contribution in [0, 0.1) is 0 Å². The fraction of sp³-hybridized carbons (Fsp3) is 0.357. The van der Waals surface area contributed by atoms with E-state index in [0.717, 1.165) is 19.4 Å². The molecular formula is C14H17N3. The molecule has 1 aliphatic carbocycles. The van der Waals surface area contributed by atoms with Gasteiger partial charge in [-0.25, -0.2) is 4.98 Å². The number of hydrogen-bond donors (Lipinski definition) is 1. The van der Waals surface area contributed by atoms with Crippen LogP contribution in [0.15, 0.2) is 36.8 Å². The Morgan fingerprint density at radius 3 is 2.59 bits per heavy atom. The van der Waals surface area contributed by atoms with E-state index in [1.54, 1.807) is 0 Å². The molecule has 1 heterocycles. The number of aromatic nitrogens is 2. The van der Waals surface area contributed by atoms with E-state index in [-0.39, 0.29) is 5.54 Å². The lowest BCUT2D eigenvalue weighted by Gasteiger charge is -2.10. The molecule has 2 aromatic rings. The predicted octanol–water partition coefficient (Wildman–Crippen LogP) is 2.52. The monoisotopic (exact) mass is 227 g/mol. The van der Waals surface area contributed by atoms with Gasteiger partial charge >= 0.3 is 0 Å². The Balaban J connectivity index is 1.94. The molecule has 0 aliphatic heterocycles. The number of nitrogens with two attached hydrogens (primary N) is 1. The van der Waals surface area contributed by atoms with Gasteiger partial charge in [0, 0.05) is 12.1 Å². The van der Waals surface area contributed by atoms with Crippen LogP contribution in [0.1, 0.15) is 25.3 Å². The van der Waals surface area contributed by atoms with Crippen LogP contribution in [0.3, 0.4) is 0 Å². The molecule has 0 amide bonds. The highest BCUT2D eigenvalue weighted by Gasteiger charge is 2.39. The fourth-order valence-corrected chi connectivity index (χ4v) is 2.21. The second-order valence-corrected chi connectivity index (χ2v) is 4.80. The van der Waals surface area contributed by atoms with Crippen LogP contribution >= 0.6 is 0 Å². The highest BCUT2D eigenvalue weighted by molar-refractivity contribution is 5.59. The van der Waals surface area contributed by atoms with E-state index >= 15 is 0 Å². The lowest BCUT2D eigenvalue weighted by molar-refractivity contribution is 0.740. The fourth-order valence-electron chi connectivity index (χ4n) is 2.21. The zero-order valence-electron chi connectivity index (χ0n) is 10.1. The van der Waals surface area contributed by atoms with Crippen LogP contribution in [0.5, 0.6) is 0 Å². The van der Waals surface area contributed by atoms with Gasteiger partial charge in [-0.1, -0.05) is 24.3 Å². The molecular weight excluding hydrogens is 210 g/mol. The maximum Gasteiger partial charge on any atom is 0.0950 e. The van der Waals surface area contributed by atoms with Gasteiger partial charge in [0.1, 0.15) is 0 Å². The smallest absolute Gasteiger partial charge is 0.0950 e. The average molecular weight is 227 g/mol. The van der Waals surface area contributed by atoms with Crippen LogP contribution in [0.4, 0.5) is 0 Å². The Hall–Kier alpha value is -1.61. The van der Waals surface area contributed by atoms with Gasteiger partial charge in [0.15, 0.2) is 0 Å². The summed E-state index contributed by atoms with van der Waals surface area (Å²) in [5, 5.41) is 0. The summed E-state index contributed by atoms with van der Waals surface area (Å²) in [6.07, 6.45) is 6.00. The van der Waals surface area contributed by atoms with Gasteiger partial charge in [-0.2, -0.15) is 0 Å². The third-order valence-electron chi connectivity index (χ3n) is 3.60. The molecule has 0 bridgehead atoms. The molecule has 0 radical (unpaired) electrons. The molecule has 3 heteroatoms. The van der Waals surface area contributed by atoms with Gasteiger partial charge in [-0.3, -0.25) is 0 Å². The molecule has 1 aromatic heterocycles. The molecule has 1 aliphatic rings. The quantitative estimate of drug-likeness (QED) is 0.875. The first-order valence-corrected chi connectivity index (χ1v) is 6.13. The molecule has 17 heavy (non-hydrogen) atoms. The largest absolute Gasteiger partial charge is 0.331 e. The summed E-state index contributed by atoms with van der Waals surface area (Å²) in [4.78, 5) is 4.19. The standard InChI is InChI=1S/C14H17N3/c1-2-17-10-16-9-13(17)11-3-5-12(6-4-11)14(15)7-8-14/h3-6,9-10H,2,7-8,15H2,1H3. The van der Waals surface area contributed by atoms with Crippen molar-refractivity contribution in [3.05, 3.63) is 42.4 Å². The highest BCUT2D eigenvalue weighted by Crippen LogP contribution is 2.42. The Bertz CT molecular complexity index is 521. The summed E-state index contributed by atoms with van der Waals surface area (Å²) in [5.74, 6) is 0. The zero-order valence-corrected chi connectivity index (χ0v) is 10.1. The first kappa shape index (κ1) is 10.5. The van der Waals surface area contributed by atoms with Crippen molar-refractivity contribution in [2.75, 3.05) is 0 Å². The van der Waals surface area contributed by atoms with Crippen molar-refractivity contribution in [1.29, 1.82) is 0 Å². The normalized spacial score (nSPS) is 17.1. The number of rotatable bonds is 3. The van der Waals surface area contributed by atoms with E-state index in [1.165, 1.54) is 16.8 Å². The van der Waals surface area contributed by atoms with Crippen molar-refractivity contribution in [3.63, 3.8) is 0 Å². The van der Waals surface area contributed by atoms with Crippen molar-refractivity contribution in [1.82, 2.24) is 9.55 Å². The van der Waals surface area contributed by atoms with Crippen LogP contribution in [-0.4, -0.2) is 9.55 Å². The van der Waals surface area contributed by atoms with Crippen molar-refractivity contribution in [2.24, 2.45) is 5.73 Å². The number of imidazole rings is 1. The first-order chi connectivity index (χ1) is 8.23. The summed E-state index contributed by atoms with van der Waals surface area (Å²) < 4.78 is 2.14. The number of hydrogen-bond acceptors (Lipinski definition) is 2. The number of benzene rings is 1. The molecule has 0 unspecified atom stereocenters. The molecule has 0 spiro atoms. The topological polar surface area (TPSA) is 43.8 Å². The van der Waals surface area contributed by atoms with Crippen molar-refractivity contribution in [3.8, 4) is 11.3 Å². The van der Waals surface area contributed by atoms with Gasteiger partial charge in [0.25, 0.3) is 0 Å². The van der Waals surface area contributed by atoms with Gasteiger partial charge in [0.05, 0.1) is 18.2 Å². The molecule has 0 saturated heterocycles. The molecule has 2 N–H and O–H groups in total. The maximum absolute atomic E-state index is 6.18. The molecule has 1 aromatic carbocycles. The summed E-state index contributed by atoms with van der Waals surface area (Å²) >= 11 is 0. The Morgan fingerprint density at radius 1 is 1.29 bits per heavy atom. The molecule has 3 nitrogen and oxygen atoms in total. The van der Waals surface area contributed by atoms with E-state index in [4.69, 9.17) is 5.73 Å². The Kier molecular flexibility index (Phi) is 2.30. The minimum Gasteiger partial charge on any atom is -0.331 e. The number of aryl methyl sites for hydroxylation is 1. The van der Waals surface area contributed by atoms with E-state index in [0.29, 0.717) is 0 Å². The minimum atomic E-state index is -0.0382. The van der Waals surface area contributed by atoms with Crippen LogP contribution in [0.25, 0.3) is 11.3 Å². The van der Waals surface area contributed by atoms with Crippen molar-refractivity contribution in [2.45, 2.75) is 31.8 Å².